The molecule has 1 aromatic rings. The molecule has 0 radical (unpaired) electrons. The van der Waals surface area contributed by atoms with Crippen LogP contribution >= 0.6 is 11.3 Å². The average molecular weight is 281 g/mol. The van der Waals surface area contributed by atoms with Crippen LogP contribution in [-0.2, 0) is 4.74 Å². The molecule has 1 unspecified atom stereocenters. The lowest BCUT2D eigenvalue weighted by Crippen LogP contribution is -2.40. The molecule has 0 saturated carbocycles. The van der Waals surface area contributed by atoms with Gasteiger partial charge in [0, 0.05) is 13.1 Å². The zero-order valence-electron chi connectivity index (χ0n) is 11.5. The number of anilines is 2. The van der Waals surface area contributed by atoms with Gasteiger partial charge in [0.1, 0.15) is 21.6 Å². The molecule has 1 saturated heterocycles. The van der Waals surface area contributed by atoms with Crippen molar-refractivity contribution in [3.8, 4) is 11.8 Å². The number of hydrogen-bond acceptors (Lipinski definition) is 6. The van der Waals surface area contributed by atoms with Crippen LogP contribution in [0.15, 0.2) is 0 Å². The van der Waals surface area contributed by atoms with Crippen LogP contribution in [0.4, 0.5) is 10.7 Å². The van der Waals surface area contributed by atoms with E-state index >= 15 is 0 Å². The maximum absolute atomic E-state index is 9.12. The highest BCUT2D eigenvalue weighted by atomic mass is 32.1. The van der Waals surface area contributed by atoms with Gasteiger partial charge in [-0.1, -0.05) is 0 Å². The lowest BCUT2D eigenvalue weighted by atomic mass is 10.3. The Morgan fingerprint density at radius 3 is 2.89 bits per heavy atom. The van der Waals surface area contributed by atoms with Crippen molar-refractivity contribution in [2.75, 3.05) is 30.3 Å². The predicted octanol–water partition coefficient (Wildman–Crippen LogP) is 2.21. The molecule has 104 valence electrons. The van der Waals surface area contributed by atoms with Crippen LogP contribution in [0.1, 0.15) is 25.6 Å². The molecule has 2 heterocycles. The standard InChI is InChI=1S/C13H19N3O2S/c1-8(2)18-12-11(15)10(6-14)19-13(12)16-4-5-17-9(3)7-16/h8-9H,4-5,7,15H2,1-3H3. The summed E-state index contributed by atoms with van der Waals surface area (Å²) in [7, 11) is 0. The molecule has 5 nitrogen and oxygen atoms in total. The summed E-state index contributed by atoms with van der Waals surface area (Å²) in [5.41, 5.74) is 6.46. The van der Waals surface area contributed by atoms with Gasteiger partial charge in [-0.2, -0.15) is 5.26 Å². The third kappa shape index (κ3) is 2.94. The number of hydrogen-bond donors (Lipinski definition) is 1. The Bertz CT molecular complexity index is 493. The van der Waals surface area contributed by atoms with Gasteiger partial charge in [-0.25, -0.2) is 0 Å². The average Bonchev–Trinajstić information content (AvgIpc) is 2.66. The van der Waals surface area contributed by atoms with Crippen molar-refractivity contribution in [2.45, 2.75) is 33.0 Å². The largest absolute Gasteiger partial charge is 0.486 e. The second-order valence-electron chi connectivity index (χ2n) is 4.88. The van der Waals surface area contributed by atoms with Crippen LogP contribution in [0.25, 0.3) is 0 Å². The number of morpholine rings is 1. The quantitative estimate of drug-likeness (QED) is 0.919. The molecular formula is C13H19N3O2S. The predicted molar refractivity (Wildman–Crippen MR) is 76.8 cm³/mol. The first kappa shape index (κ1) is 14.0. The summed E-state index contributed by atoms with van der Waals surface area (Å²) >= 11 is 1.40. The second kappa shape index (κ2) is 5.68. The molecule has 0 amide bonds. The first-order valence-corrected chi connectivity index (χ1v) is 7.20. The summed E-state index contributed by atoms with van der Waals surface area (Å²) in [5, 5.41) is 10.1. The third-order valence-electron chi connectivity index (χ3n) is 2.87. The summed E-state index contributed by atoms with van der Waals surface area (Å²) in [5.74, 6) is 0.644. The van der Waals surface area contributed by atoms with Gasteiger partial charge in [0.15, 0.2) is 5.75 Å². The molecule has 19 heavy (non-hydrogen) atoms. The number of nitrogens with zero attached hydrogens (tertiary/aromatic N) is 2. The molecule has 6 heteroatoms. The fourth-order valence-electron chi connectivity index (χ4n) is 2.06. The summed E-state index contributed by atoms with van der Waals surface area (Å²) in [6, 6.07) is 2.14. The molecule has 0 bridgehead atoms. The fourth-order valence-corrected chi connectivity index (χ4v) is 3.05. The smallest absolute Gasteiger partial charge is 0.178 e. The van der Waals surface area contributed by atoms with E-state index in [-0.39, 0.29) is 12.2 Å². The number of ether oxygens (including phenoxy) is 2. The maximum atomic E-state index is 9.12. The molecule has 1 atom stereocenters. The summed E-state index contributed by atoms with van der Waals surface area (Å²) in [6.45, 7) is 8.21. The zero-order valence-corrected chi connectivity index (χ0v) is 12.3. The molecule has 1 aliphatic rings. The van der Waals surface area contributed by atoms with Crippen molar-refractivity contribution in [3.05, 3.63) is 4.88 Å². The normalized spacial score (nSPS) is 19.5. The summed E-state index contributed by atoms with van der Waals surface area (Å²) in [4.78, 5) is 2.71. The van der Waals surface area contributed by atoms with Gasteiger partial charge >= 0.3 is 0 Å². The zero-order chi connectivity index (χ0) is 14.0. The highest BCUT2D eigenvalue weighted by Crippen LogP contribution is 2.45. The van der Waals surface area contributed by atoms with E-state index < -0.39 is 0 Å². The van der Waals surface area contributed by atoms with Crippen molar-refractivity contribution >= 4 is 22.0 Å². The van der Waals surface area contributed by atoms with E-state index in [1.807, 2.05) is 20.8 Å². The fraction of sp³-hybridized carbons (Fsp3) is 0.615. The van der Waals surface area contributed by atoms with E-state index in [0.717, 1.165) is 18.1 Å². The highest BCUT2D eigenvalue weighted by Gasteiger charge is 2.26. The molecule has 2 N–H and O–H groups in total. The van der Waals surface area contributed by atoms with Gasteiger partial charge in [0.25, 0.3) is 0 Å². The number of rotatable bonds is 3. The SMILES string of the molecule is CC(C)Oc1c(N2CCOC(C)C2)sc(C#N)c1N. The Balaban J connectivity index is 2.35. The Morgan fingerprint density at radius 2 is 2.32 bits per heavy atom. The molecule has 1 aromatic heterocycles. The number of nitriles is 1. The van der Waals surface area contributed by atoms with E-state index in [1.54, 1.807) is 0 Å². The first-order chi connectivity index (χ1) is 9.02. The molecule has 0 spiro atoms. The van der Waals surface area contributed by atoms with Gasteiger partial charge in [-0.3, -0.25) is 0 Å². The highest BCUT2D eigenvalue weighted by molar-refractivity contribution is 7.17. The van der Waals surface area contributed by atoms with Crippen molar-refractivity contribution in [1.82, 2.24) is 0 Å². The van der Waals surface area contributed by atoms with Crippen LogP contribution < -0.4 is 15.4 Å². The molecule has 0 aromatic carbocycles. The van der Waals surface area contributed by atoms with Crippen molar-refractivity contribution in [2.24, 2.45) is 0 Å². The van der Waals surface area contributed by atoms with Crippen LogP contribution in [0.2, 0.25) is 0 Å². The van der Waals surface area contributed by atoms with E-state index in [1.165, 1.54) is 11.3 Å². The number of thiophene rings is 1. The Labute approximate surface area is 117 Å². The Morgan fingerprint density at radius 1 is 1.58 bits per heavy atom. The maximum Gasteiger partial charge on any atom is 0.178 e. The monoisotopic (exact) mass is 281 g/mol. The van der Waals surface area contributed by atoms with E-state index in [2.05, 4.69) is 11.0 Å². The lowest BCUT2D eigenvalue weighted by molar-refractivity contribution is 0.0532. The molecule has 2 rings (SSSR count). The van der Waals surface area contributed by atoms with E-state index in [9.17, 15) is 0 Å². The van der Waals surface area contributed by atoms with E-state index in [4.69, 9.17) is 20.5 Å². The second-order valence-corrected chi connectivity index (χ2v) is 5.88. The number of nitrogen functional groups attached to an aromatic ring is 1. The van der Waals surface area contributed by atoms with E-state index in [0.29, 0.717) is 22.9 Å². The van der Waals surface area contributed by atoms with Crippen LogP contribution in [0, 0.1) is 11.3 Å². The van der Waals surface area contributed by atoms with Crippen LogP contribution in [0.3, 0.4) is 0 Å². The van der Waals surface area contributed by atoms with Crippen molar-refractivity contribution < 1.29 is 9.47 Å². The van der Waals surface area contributed by atoms with Crippen LogP contribution in [-0.4, -0.2) is 31.9 Å². The summed E-state index contributed by atoms with van der Waals surface area (Å²) in [6.07, 6.45) is 0.204. The molecule has 1 fully saturated rings. The van der Waals surface area contributed by atoms with Crippen molar-refractivity contribution in [1.29, 1.82) is 5.26 Å². The van der Waals surface area contributed by atoms with Gasteiger partial charge < -0.3 is 20.1 Å². The third-order valence-corrected chi connectivity index (χ3v) is 4.02. The molecule has 0 aliphatic carbocycles. The van der Waals surface area contributed by atoms with Gasteiger partial charge in [0.2, 0.25) is 0 Å². The Kier molecular flexibility index (Phi) is 4.17. The Hall–Kier alpha value is -1.45. The lowest BCUT2D eigenvalue weighted by Gasteiger charge is -2.32. The first-order valence-electron chi connectivity index (χ1n) is 6.38. The minimum atomic E-state index is 0.0284. The minimum absolute atomic E-state index is 0.0284. The summed E-state index contributed by atoms with van der Waals surface area (Å²) < 4.78 is 11.3. The molecule has 1 aliphatic heterocycles. The molecular weight excluding hydrogens is 262 g/mol. The van der Waals surface area contributed by atoms with Gasteiger partial charge in [0.05, 0.1) is 18.8 Å². The topological polar surface area (TPSA) is 71.5 Å². The van der Waals surface area contributed by atoms with Crippen molar-refractivity contribution in [3.63, 3.8) is 0 Å². The number of nitrogens with two attached hydrogens (primary N) is 1. The minimum Gasteiger partial charge on any atom is -0.486 e. The van der Waals surface area contributed by atoms with Gasteiger partial charge in [-0.15, -0.1) is 11.3 Å². The van der Waals surface area contributed by atoms with Crippen LogP contribution in [0.5, 0.6) is 5.75 Å². The van der Waals surface area contributed by atoms with Gasteiger partial charge in [-0.05, 0) is 20.8 Å².